The molecule has 0 atom stereocenters. The molecule has 0 aliphatic carbocycles. The first-order valence-electron chi connectivity index (χ1n) is 9.93. The van der Waals surface area contributed by atoms with Crippen LogP contribution in [0.1, 0.15) is 40.5 Å². The normalized spacial score (nSPS) is 14.3. The molecule has 1 saturated heterocycles. The second kappa shape index (κ2) is 9.32. The molecule has 30 heavy (non-hydrogen) atoms. The van der Waals surface area contributed by atoms with Crippen LogP contribution in [0.3, 0.4) is 0 Å². The fourth-order valence-corrected chi connectivity index (χ4v) is 3.48. The molecule has 1 aliphatic rings. The van der Waals surface area contributed by atoms with Crippen molar-refractivity contribution in [2.75, 3.05) is 23.8 Å². The van der Waals surface area contributed by atoms with Crippen molar-refractivity contribution in [3.8, 4) is 0 Å². The number of nitrogens with one attached hydrogen (secondary N) is 2. The first kappa shape index (κ1) is 19.8. The van der Waals surface area contributed by atoms with Gasteiger partial charge >= 0.3 is 0 Å². The minimum absolute atomic E-state index is 0.311. The van der Waals surface area contributed by atoms with Gasteiger partial charge in [0.25, 0.3) is 5.91 Å². The summed E-state index contributed by atoms with van der Waals surface area (Å²) >= 11 is 0. The molecule has 0 unspecified atom stereocenters. The summed E-state index contributed by atoms with van der Waals surface area (Å²) in [5.74, 6) is 1.22. The quantitative estimate of drug-likeness (QED) is 0.554. The van der Waals surface area contributed by atoms with Gasteiger partial charge in [-0.3, -0.25) is 4.79 Å². The van der Waals surface area contributed by atoms with Crippen molar-refractivity contribution in [3.05, 3.63) is 71.9 Å². The summed E-state index contributed by atoms with van der Waals surface area (Å²) in [4.78, 5) is 24.4. The number of nitrogens with two attached hydrogens (primary N) is 1. The molecule has 0 bridgehead atoms. The maximum atomic E-state index is 11.8. The van der Waals surface area contributed by atoms with E-state index in [1.165, 1.54) is 11.8 Å². The van der Waals surface area contributed by atoms with E-state index in [2.05, 4.69) is 37.7 Å². The smallest absolute Gasteiger partial charge is 0.252 e. The van der Waals surface area contributed by atoms with E-state index in [9.17, 15) is 4.79 Å². The van der Waals surface area contributed by atoms with Crippen LogP contribution < -0.4 is 16.4 Å². The van der Waals surface area contributed by atoms with Crippen molar-refractivity contribution >= 4 is 23.1 Å². The lowest BCUT2D eigenvalue weighted by atomic mass is 9.92. The number of nitrogens with zero attached hydrogens (tertiary/aromatic N) is 3. The zero-order chi connectivity index (χ0) is 20.8. The molecule has 2 aromatic heterocycles. The molecule has 0 radical (unpaired) electrons. The summed E-state index contributed by atoms with van der Waals surface area (Å²) in [5.41, 5.74) is 8.62. The number of benzene rings is 1. The van der Waals surface area contributed by atoms with Crippen molar-refractivity contribution in [2.24, 2.45) is 5.73 Å². The second-order valence-electron chi connectivity index (χ2n) is 7.13. The molecule has 4 rings (SSSR count). The number of aromatic nitrogens is 3. The van der Waals surface area contributed by atoms with E-state index < -0.39 is 5.91 Å². The number of hydrogen-bond donors (Lipinski definition) is 3. The number of carbonyl (C=O) groups is 1. The van der Waals surface area contributed by atoms with Crippen LogP contribution in [0.5, 0.6) is 0 Å². The van der Waals surface area contributed by atoms with Crippen molar-refractivity contribution in [3.63, 3.8) is 0 Å². The van der Waals surface area contributed by atoms with Crippen molar-refractivity contribution < 1.29 is 9.53 Å². The fraction of sp³-hybridized carbons (Fsp3) is 0.273. The molecule has 154 valence electrons. The van der Waals surface area contributed by atoms with E-state index >= 15 is 0 Å². The van der Waals surface area contributed by atoms with E-state index in [0.717, 1.165) is 31.7 Å². The Morgan fingerprint density at radius 2 is 1.83 bits per heavy atom. The van der Waals surface area contributed by atoms with Gasteiger partial charge in [-0.05, 0) is 42.5 Å². The van der Waals surface area contributed by atoms with E-state index in [4.69, 9.17) is 10.5 Å². The maximum Gasteiger partial charge on any atom is 0.252 e. The Hall–Kier alpha value is -3.52. The number of rotatable bonds is 7. The van der Waals surface area contributed by atoms with Gasteiger partial charge in [0.15, 0.2) is 0 Å². The molecule has 0 spiro atoms. The monoisotopic (exact) mass is 404 g/mol. The van der Waals surface area contributed by atoms with Gasteiger partial charge in [0.2, 0.25) is 0 Å². The summed E-state index contributed by atoms with van der Waals surface area (Å²) in [5, 5.41) is 6.45. The molecule has 4 N–H and O–H groups in total. The van der Waals surface area contributed by atoms with Crippen molar-refractivity contribution in [1.29, 1.82) is 0 Å². The highest BCUT2D eigenvalue weighted by Gasteiger charge is 2.16. The standard InChI is InChI=1S/C22H24N6O2/c23-22(29)18-13-27-20(12-19(18)26-14-21-24-8-1-9-25-21)28-17-4-2-15(3-5-17)16-6-10-30-11-7-16/h1-5,8-9,12-13,16H,6-7,10-11,14H2,(H2,23,29)(H2,26,27,28). The van der Waals surface area contributed by atoms with Crippen LogP contribution in [-0.2, 0) is 11.3 Å². The van der Waals surface area contributed by atoms with Crippen LogP contribution in [0.15, 0.2) is 55.0 Å². The van der Waals surface area contributed by atoms with Gasteiger partial charge in [-0.15, -0.1) is 0 Å². The maximum absolute atomic E-state index is 11.8. The Balaban J connectivity index is 1.47. The zero-order valence-corrected chi connectivity index (χ0v) is 16.5. The lowest BCUT2D eigenvalue weighted by Gasteiger charge is -2.22. The van der Waals surface area contributed by atoms with Gasteiger partial charge in [0.1, 0.15) is 11.6 Å². The molecule has 0 saturated carbocycles. The molecule has 8 heteroatoms. The zero-order valence-electron chi connectivity index (χ0n) is 16.5. The van der Waals surface area contributed by atoms with Gasteiger partial charge < -0.3 is 21.1 Å². The highest BCUT2D eigenvalue weighted by atomic mass is 16.5. The topological polar surface area (TPSA) is 115 Å². The summed E-state index contributed by atoms with van der Waals surface area (Å²) in [7, 11) is 0. The Morgan fingerprint density at radius 1 is 1.10 bits per heavy atom. The molecule has 1 aromatic carbocycles. The van der Waals surface area contributed by atoms with E-state index in [1.54, 1.807) is 24.5 Å². The SMILES string of the molecule is NC(=O)c1cnc(Nc2ccc(C3CCOCC3)cc2)cc1NCc1ncccn1. The van der Waals surface area contributed by atoms with E-state index in [-0.39, 0.29) is 0 Å². The average Bonchev–Trinajstić information content (AvgIpc) is 2.79. The van der Waals surface area contributed by atoms with Crippen LogP contribution in [0.2, 0.25) is 0 Å². The van der Waals surface area contributed by atoms with Crippen molar-refractivity contribution in [2.45, 2.75) is 25.3 Å². The van der Waals surface area contributed by atoms with Crippen LogP contribution in [0.25, 0.3) is 0 Å². The first-order valence-corrected chi connectivity index (χ1v) is 9.93. The molecule has 1 aliphatic heterocycles. The van der Waals surface area contributed by atoms with Gasteiger partial charge in [-0.2, -0.15) is 0 Å². The van der Waals surface area contributed by atoms with Crippen LogP contribution >= 0.6 is 0 Å². The second-order valence-corrected chi connectivity index (χ2v) is 7.13. The van der Waals surface area contributed by atoms with Gasteiger partial charge in [-0.25, -0.2) is 15.0 Å². The minimum Gasteiger partial charge on any atom is -0.381 e. The number of carbonyl (C=O) groups excluding carboxylic acids is 1. The number of hydrogen-bond acceptors (Lipinski definition) is 7. The first-order chi connectivity index (χ1) is 14.7. The Kier molecular flexibility index (Phi) is 6.14. The van der Waals surface area contributed by atoms with Gasteiger partial charge in [0.05, 0.1) is 17.8 Å². The summed E-state index contributed by atoms with van der Waals surface area (Å²) in [6, 6.07) is 11.9. The average molecular weight is 404 g/mol. The Bertz CT molecular complexity index is 988. The highest BCUT2D eigenvalue weighted by molar-refractivity contribution is 5.98. The van der Waals surface area contributed by atoms with Crippen LogP contribution in [0.4, 0.5) is 17.2 Å². The molecule has 3 aromatic rings. The molecule has 1 fully saturated rings. The third-order valence-corrected chi connectivity index (χ3v) is 5.10. The minimum atomic E-state index is -0.550. The van der Waals surface area contributed by atoms with Crippen LogP contribution in [0, 0.1) is 0 Å². The number of amides is 1. The number of ether oxygens (including phenoxy) is 1. The number of anilines is 3. The highest BCUT2D eigenvalue weighted by Crippen LogP contribution is 2.28. The molecular weight excluding hydrogens is 380 g/mol. The Morgan fingerprint density at radius 3 is 2.53 bits per heavy atom. The number of primary amides is 1. The predicted molar refractivity (Wildman–Crippen MR) is 115 cm³/mol. The molecule has 8 nitrogen and oxygen atoms in total. The van der Waals surface area contributed by atoms with Crippen molar-refractivity contribution in [1.82, 2.24) is 15.0 Å². The fourth-order valence-electron chi connectivity index (χ4n) is 3.48. The van der Waals surface area contributed by atoms with Gasteiger partial charge in [0, 0.05) is 43.6 Å². The van der Waals surface area contributed by atoms with E-state index in [0.29, 0.717) is 35.4 Å². The lowest BCUT2D eigenvalue weighted by Crippen LogP contribution is -2.16. The predicted octanol–water partition coefficient (Wildman–Crippen LogP) is 3.22. The third-order valence-electron chi connectivity index (χ3n) is 5.10. The van der Waals surface area contributed by atoms with E-state index in [1.807, 2.05) is 12.1 Å². The number of pyridine rings is 1. The molecule has 1 amide bonds. The molecule has 3 heterocycles. The van der Waals surface area contributed by atoms with Gasteiger partial charge in [-0.1, -0.05) is 12.1 Å². The Labute approximate surface area is 174 Å². The largest absolute Gasteiger partial charge is 0.381 e. The lowest BCUT2D eigenvalue weighted by molar-refractivity contribution is 0.0853. The third kappa shape index (κ3) is 4.90. The molecular formula is C22H24N6O2. The van der Waals surface area contributed by atoms with Crippen LogP contribution in [-0.4, -0.2) is 34.1 Å². The summed E-state index contributed by atoms with van der Waals surface area (Å²) in [6.45, 7) is 2.01. The summed E-state index contributed by atoms with van der Waals surface area (Å²) in [6.07, 6.45) is 6.92. The summed E-state index contributed by atoms with van der Waals surface area (Å²) < 4.78 is 5.44.